The van der Waals surface area contributed by atoms with E-state index in [-0.39, 0.29) is 24.4 Å². The lowest BCUT2D eigenvalue weighted by Gasteiger charge is -2.24. The van der Waals surface area contributed by atoms with E-state index in [0.29, 0.717) is 24.7 Å². The van der Waals surface area contributed by atoms with Gasteiger partial charge in [0.1, 0.15) is 5.82 Å². The van der Waals surface area contributed by atoms with Crippen molar-refractivity contribution in [1.82, 2.24) is 10.1 Å². The average molecular weight is 347 g/mol. The summed E-state index contributed by atoms with van der Waals surface area (Å²) in [6, 6.07) is 8.08. The number of rotatable bonds is 7. The lowest BCUT2D eigenvalue weighted by molar-refractivity contribution is -0.117. The molecule has 2 heterocycles. The van der Waals surface area contributed by atoms with Crippen molar-refractivity contribution < 1.29 is 18.4 Å². The van der Waals surface area contributed by atoms with Gasteiger partial charge in [0.05, 0.1) is 18.3 Å². The SMILES string of the molecule is Cc1cc(NC(=O)CN(Cc2cccc(F)c2)C[C@@H]2CCCO2)on1. The molecular formula is C18H22FN3O3. The van der Waals surface area contributed by atoms with E-state index in [2.05, 4.69) is 10.5 Å². The molecule has 1 saturated heterocycles. The smallest absolute Gasteiger partial charge is 0.240 e. The number of benzene rings is 1. The number of aromatic nitrogens is 1. The van der Waals surface area contributed by atoms with Gasteiger partial charge in [0.2, 0.25) is 11.8 Å². The zero-order valence-electron chi connectivity index (χ0n) is 14.2. The molecule has 1 amide bonds. The third kappa shape index (κ3) is 5.37. The number of anilines is 1. The van der Waals surface area contributed by atoms with Crippen LogP contribution in [0.15, 0.2) is 34.9 Å². The predicted octanol–water partition coefficient (Wildman–Crippen LogP) is 2.74. The van der Waals surface area contributed by atoms with Gasteiger partial charge in [-0.1, -0.05) is 17.3 Å². The van der Waals surface area contributed by atoms with Crippen LogP contribution in [0.1, 0.15) is 24.1 Å². The third-order valence-electron chi connectivity index (χ3n) is 4.04. The minimum absolute atomic E-state index is 0.105. The highest BCUT2D eigenvalue weighted by molar-refractivity contribution is 5.90. The number of aryl methyl sites for hydroxylation is 1. The maximum absolute atomic E-state index is 13.4. The molecule has 0 saturated carbocycles. The number of halogens is 1. The average Bonchev–Trinajstić information content (AvgIpc) is 3.19. The normalized spacial score (nSPS) is 17.2. The predicted molar refractivity (Wildman–Crippen MR) is 90.5 cm³/mol. The van der Waals surface area contributed by atoms with Gasteiger partial charge in [0.15, 0.2) is 0 Å². The summed E-state index contributed by atoms with van der Waals surface area (Å²) in [6.45, 7) is 3.80. The molecular weight excluding hydrogens is 325 g/mol. The number of nitrogens with one attached hydrogen (secondary N) is 1. The number of amides is 1. The fourth-order valence-corrected chi connectivity index (χ4v) is 2.96. The van der Waals surface area contributed by atoms with Crippen LogP contribution in [-0.2, 0) is 16.1 Å². The van der Waals surface area contributed by atoms with E-state index in [9.17, 15) is 9.18 Å². The summed E-state index contributed by atoms with van der Waals surface area (Å²) in [4.78, 5) is 14.3. The molecule has 25 heavy (non-hydrogen) atoms. The Morgan fingerprint density at radius 2 is 2.32 bits per heavy atom. The minimum Gasteiger partial charge on any atom is -0.377 e. The molecule has 7 heteroatoms. The van der Waals surface area contributed by atoms with E-state index in [1.165, 1.54) is 12.1 Å². The van der Waals surface area contributed by atoms with Gasteiger partial charge >= 0.3 is 0 Å². The Kier molecular flexibility index (Phi) is 5.78. The maximum Gasteiger partial charge on any atom is 0.240 e. The molecule has 1 aromatic carbocycles. The number of ether oxygens (including phenoxy) is 1. The van der Waals surface area contributed by atoms with Gasteiger partial charge in [-0.15, -0.1) is 0 Å². The largest absolute Gasteiger partial charge is 0.377 e. The first-order chi connectivity index (χ1) is 12.1. The second-order valence-corrected chi connectivity index (χ2v) is 6.32. The third-order valence-corrected chi connectivity index (χ3v) is 4.04. The van der Waals surface area contributed by atoms with Crippen molar-refractivity contribution in [2.75, 3.05) is 25.0 Å². The van der Waals surface area contributed by atoms with Crippen LogP contribution in [0.25, 0.3) is 0 Å². The van der Waals surface area contributed by atoms with Crippen LogP contribution in [0.3, 0.4) is 0 Å². The topological polar surface area (TPSA) is 67.6 Å². The molecule has 0 bridgehead atoms. The summed E-state index contributed by atoms with van der Waals surface area (Å²) < 4.78 is 24.1. The molecule has 134 valence electrons. The van der Waals surface area contributed by atoms with Crippen LogP contribution < -0.4 is 5.32 Å². The van der Waals surface area contributed by atoms with Crippen molar-refractivity contribution in [2.24, 2.45) is 0 Å². The number of carbonyl (C=O) groups is 1. The van der Waals surface area contributed by atoms with Crippen molar-refractivity contribution >= 4 is 11.8 Å². The van der Waals surface area contributed by atoms with Crippen molar-refractivity contribution in [3.63, 3.8) is 0 Å². The first-order valence-electron chi connectivity index (χ1n) is 8.40. The zero-order valence-corrected chi connectivity index (χ0v) is 14.2. The monoisotopic (exact) mass is 347 g/mol. The van der Waals surface area contributed by atoms with E-state index in [4.69, 9.17) is 9.26 Å². The van der Waals surface area contributed by atoms with Gasteiger partial charge in [0, 0.05) is 25.8 Å². The molecule has 6 nitrogen and oxygen atoms in total. The maximum atomic E-state index is 13.4. The summed E-state index contributed by atoms with van der Waals surface area (Å²) in [5.41, 5.74) is 1.52. The second kappa shape index (κ2) is 8.22. The molecule has 0 spiro atoms. The molecule has 1 fully saturated rings. The lowest BCUT2D eigenvalue weighted by Crippen LogP contribution is -2.37. The molecule has 0 unspecified atom stereocenters. The van der Waals surface area contributed by atoms with E-state index >= 15 is 0 Å². The summed E-state index contributed by atoms with van der Waals surface area (Å²) in [5.74, 6) is -0.160. The van der Waals surface area contributed by atoms with Crippen molar-refractivity contribution in [2.45, 2.75) is 32.4 Å². The first kappa shape index (κ1) is 17.6. The number of carbonyl (C=O) groups excluding carboxylic acids is 1. The van der Waals surface area contributed by atoms with E-state index < -0.39 is 0 Å². The molecule has 2 aromatic rings. The lowest BCUT2D eigenvalue weighted by atomic mass is 10.1. The molecule has 0 radical (unpaired) electrons. The van der Waals surface area contributed by atoms with Crippen molar-refractivity contribution in [1.29, 1.82) is 0 Å². The Morgan fingerprint density at radius 1 is 1.44 bits per heavy atom. The highest BCUT2D eigenvalue weighted by Gasteiger charge is 2.21. The number of hydrogen-bond acceptors (Lipinski definition) is 5. The Labute approximate surface area is 145 Å². The molecule has 1 aromatic heterocycles. The fraction of sp³-hybridized carbons (Fsp3) is 0.444. The van der Waals surface area contributed by atoms with Crippen LogP contribution in [0, 0.1) is 12.7 Å². The molecule has 1 N–H and O–H groups in total. The summed E-state index contributed by atoms with van der Waals surface area (Å²) >= 11 is 0. The minimum atomic E-state index is -0.281. The fourth-order valence-electron chi connectivity index (χ4n) is 2.96. The van der Waals surface area contributed by atoms with Crippen LogP contribution in [0.5, 0.6) is 0 Å². The van der Waals surface area contributed by atoms with E-state index in [1.807, 2.05) is 11.0 Å². The van der Waals surface area contributed by atoms with E-state index in [1.54, 1.807) is 19.1 Å². The van der Waals surface area contributed by atoms with Gasteiger partial charge in [0.25, 0.3) is 0 Å². The van der Waals surface area contributed by atoms with Crippen LogP contribution in [0.2, 0.25) is 0 Å². The highest BCUT2D eigenvalue weighted by atomic mass is 19.1. The quantitative estimate of drug-likeness (QED) is 0.834. The van der Waals surface area contributed by atoms with Crippen molar-refractivity contribution in [3.8, 4) is 0 Å². The standard InChI is InChI=1S/C18H22FN3O3/c1-13-8-18(25-21-13)20-17(23)12-22(11-16-6-3-7-24-16)10-14-4-2-5-15(19)9-14/h2,4-5,8-9,16H,3,6-7,10-12H2,1H3,(H,20,23)/t16-/m0/s1. The van der Waals surface area contributed by atoms with Gasteiger partial charge in [-0.3, -0.25) is 15.0 Å². The van der Waals surface area contributed by atoms with Gasteiger partial charge in [-0.25, -0.2) is 4.39 Å². The van der Waals surface area contributed by atoms with Crippen LogP contribution in [-0.4, -0.2) is 41.8 Å². The van der Waals surface area contributed by atoms with E-state index in [0.717, 1.165) is 25.0 Å². The molecule has 1 aliphatic heterocycles. The Balaban J connectivity index is 1.63. The van der Waals surface area contributed by atoms with Gasteiger partial charge < -0.3 is 9.26 Å². The molecule has 0 aliphatic carbocycles. The summed E-state index contributed by atoms with van der Waals surface area (Å²) in [6.07, 6.45) is 2.11. The number of hydrogen-bond donors (Lipinski definition) is 1. The Hall–Kier alpha value is -2.25. The highest BCUT2D eigenvalue weighted by Crippen LogP contribution is 2.16. The van der Waals surface area contributed by atoms with Gasteiger partial charge in [-0.05, 0) is 37.5 Å². The Bertz CT molecular complexity index is 713. The molecule has 3 rings (SSSR count). The van der Waals surface area contributed by atoms with Crippen LogP contribution in [0.4, 0.5) is 10.3 Å². The zero-order chi connectivity index (χ0) is 17.6. The van der Waals surface area contributed by atoms with Crippen molar-refractivity contribution in [3.05, 3.63) is 47.4 Å². The molecule has 1 aliphatic rings. The van der Waals surface area contributed by atoms with Gasteiger partial charge in [-0.2, -0.15) is 0 Å². The Morgan fingerprint density at radius 3 is 3.00 bits per heavy atom. The number of nitrogens with zero attached hydrogens (tertiary/aromatic N) is 2. The molecule has 1 atom stereocenters. The summed E-state index contributed by atoms with van der Waals surface area (Å²) in [5, 5.41) is 6.44. The first-order valence-corrected chi connectivity index (χ1v) is 8.40. The van der Waals surface area contributed by atoms with Crippen LogP contribution >= 0.6 is 0 Å². The second-order valence-electron chi connectivity index (χ2n) is 6.32. The summed E-state index contributed by atoms with van der Waals surface area (Å²) in [7, 11) is 0.